The van der Waals surface area contributed by atoms with Crippen LogP contribution in [0.1, 0.15) is 26.7 Å². The van der Waals surface area contributed by atoms with Gasteiger partial charge < -0.3 is 13.9 Å². The van der Waals surface area contributed by atoms with Gasteiger partial charge in [0, 0.05) is 0 Å². The highest BCUT2D eigenvalue weighted by molar-refractivity contribution is 6.42. The van der Waals surface area contributed by atoms with Crippen LogP contribution in [0.2, 0.25) is 10.0 Å². The average molecular weight is 329 g/mol. The summed E-state index contributed by atoms with van der Waals surface area (Å²) >= 11 is 11.6. The Balaban J connectivity index is 1.99. The molecule has 0 saturated carbocycles. The SMILES string of the molecule is COC(=O)c1ccc(COC(=O)c2ccc(Cl)c(Cl)c2)o1. The zero-order valence-electron chi connectivity index (χ0n) is 10.9. The highest BCUT2D eigenvalue weighted by Crippen LogP contribution is 2.23. The van der Waals surface area contributed by atoms with Crippen LogP contribution in [0, 0.1) is 0 Å². The number of ether oxygens (including phenoxy) is 2. The Morgan fingerprint density at radius 2 is 1.86 bits per heavy atom. The molecule has 1 aromatic heterocycles. The minimum absolute atomic E-state index is 0.0399. The van der Waals surface area contributed by atoms with Crippen LogP contribution < -0.4 is 0 Å². The first-order valence-electron chi connectivity index (χ1n) is 5.80. The van der Waals surface area contributed by atoms with Crippen molar-refractivity contribution < 1.29 is 23.5 Å². The Kier molecular flexibility index (Phi) is 4.88. The lowest BCUT2D eigenvalue weighted by Crippen LogP contribution is -2.05. The van der Waals surface area contributed by atoms with Gasteiger partial charge in [0.25, 0.3) is 0 Å². The van der Waals surface area contributed by atoms with Crippen molar-refractivity contribution in [1.82, 2.24) is 0 Å². The quantitative estimate of drug-likeness (QED) is 0.800. The van der Waals surface area contributed by atoms with Crippen molar-refractivity contribution in [2.75, 3.05) is 7.11 Å². The summed E-state index contributed by atoms with van der Waals surface area (Å²) in [6, 6.07) is 7.37. The molecule has 0 unspecified atom stereocenters. The minimum Gasteiger partial charge on any atom is -0.463 e. The van der Waals surface area contributed by atoms with E-state index < -0.39 is 11.9 Å². The van der Waals surface area contributed by atoms with Gasteiger partial charge in [0.2, 0.25) is 5.76 Å². The van der Waals surface area contributed by atoms with Gasteiger partial charge in [0.05, 0.1) is 22.7 Å². The zero-order chi connectivity index (χ0) is 15.4. The largest absolute Gasteiger partial charge is 0.463 e. The molecule has 2 aromatic rings. The number of furan rings is 1. The van der Waals surface area contributed by atoms with E-state index in [2.05, 4.69) is 4.74 Å². The fraction of sp³-hybridized carbons (Fsp3) is 0.143. The monoisotopic (exact) mass is 328 g/mol. The van der Waals surface area contributed by atoms with Crippen LogP contribution in [0.25, 0.3) is 0 Å². The smallest absolute Gasteiger partial charge is 0.373 e. The third kappa shape index (κ3) is 3.77. The number of methoxy groups -OCH3 is 1. The Morgan fingerprint density at radius 1 is 1.10 bits per heavy atom. The highest BCUT2D eigenvalue weighted by atomic mass is 35.5. The summed E-state index contributed by atoms with van der Waals surface area (Å²) in [6.07, 6.45) is 0. The summed E-state index contributed by atoms with van der Waals surface area (Å²) in [5, 5.41) is 0.610. The van der Waals surface area contributed by atoms with Crippen molar-refractivity contribution in [2.24, 2.45) is 0 Å². The summed E-state index contributed by atoms with van der Waals surface area (Å²) in [5.74, 6) is -0.816. The predicted molar refractivity (Wildman–Crippen MR) is 75.6 cm³/mol. The van der Waals surface area contributed by atoms with Crippen molar-refractivity contribution in [3.63, 3.8) is 0 Å². The Morgan fingerprint density at radius 3 is 2.52 bits per heavy atom. The second-order valence-corrected chi connectivity index (χ2v) is 4.78. The molecule has 0 aliphatic rings. The van der Waals surface area contributed by atoms with E-state index in [9.17, 15) is 9.59 Å². The molecular weight excluding hydrogens is 319 g/mol. The Labute approximate surface area is 130 Å². The number of halogens is 2. The molecule has 110 valence electrons. The second kappa shape index (κ2) is 6.65. The molecule has 21 heavy (non-hydrogen) atoms. The Bertz CT molecular complexity index is 678. The van der Waals surface area contributed by atoms with Crippen LogP contribution in [-0.2, 0) is 16.1 Å². The molecule has 0 N–H and O–H groups in total. The summed E-state index contributed by atoms with van der Waals surface area (Å²) < 4.78 is 14.7. The van der Waals surface area contributed by atoms with Crippen molar-refractivity contribution in [2.45, 2.75) is 6.61 Å². The normalized spacial score (nSPS) is 10.2. The van der Waals surface area contributed by atoms with Gasteiger partial charge in [-0.15, -0.1) is 0 Å². The lowest BCUT2D eigenvalue weighted by Gasteiger charge is -2.04. The topological polar surface area (TPSA) is 65.7 Å². The van der Waals surface area contributed by atoms with E-state index in [1.54, 1.807) is 0 Å². The van der Waals surface area contributed by atoms with E-state index in [4.69, 9.17) is 32.4 Å². The Hall–Kier alpha value is -1.98. The van der Waals surface area contributed by atoms with Crippen LogP contribution >= 0.6 is 23.2 Å². The number of carbonyl (C=O) groups is 2. The van der Waals surface area contributed by atoms with Crippen LogP contribution in [0.4, 0.5) is 0 Å². The van der Waals surface area contributed by atoms with E-state index in [0.29, 0.717) is 10.8 Å². The second-order valence-electron chi connectivity index (χ2n) is 3.96. The summed E-state index contributed by atoms with van der Waals surface area (Å²) in [4.78, 5) is 23.0. The molecule has 1 aromatic carbocycles. The molecule has 0 saturated heterocycles. The van der Waals surface area contributed by atoms with Gasteiger partial charge in [-0.3, -0.25) is 0 Å². The first-order chi connectivity index (χ1) is 10.0. The zero-order valence-corrected chi connectivity index (χ0v) is 12.4. The van der Waals surface area contributed by atoms with E-state index in [1.165, 1.54) is 37.4 Å². The lowest BCUT2D eigenvalue weighted by molar-refractivity contribution is 0.0438. The van der Waals surface area contributed by atoms with E-state index in [-0.39, 0.29) is 23.0 Å². The maximum absolute atomic E-state index is 11.8. The average Bonchev–Trinajstić information content (AvgIpc) is 2.95. The van der Waals surface area contributed by atoms with E-state index >= 15 is 0 Å². The number of hydrogen-bond acceptors (Lipinski definition) is 5. The van der Waals surface area contributed by atoms with Crippen LogP contribution in [0.3, 0.4) is 0 Å². The first kappa shape index (κ1) is 15.4. The molecule has 7 heteroatoms. The van der Waals surface area contributed by atoms with Crippen LogP contribution in [0.15, 0.2) is 34.7 Å². The molecule has 0 atom stereocenters. The van der Waals surface area contributed by atoms with Gasteiger partial charge in [-0.1, -0.05) is 23.2 Å². The molecule has 0 fully saturated rings. The fourth-order valence-corrected chi connectivity index (χ4v) is 1.81. The van der Waals surface area contributed by atoms with Crippen molar-refractivity contribution in [3.8, 4) is 0 Å². The van der Waals surface area contributed by atoms with Gasteiger partial charge in [-0.05, 0) is 30.3 Å². The van der Waals surface area contributed by atoms with Gasteiger partial charge in [0.1, 0.15) is 12.4 Å². The fourth-order valence-electron chi connectivity index (χ4n) is 1.51. The van der Waals surface area contributed by atoms with E-state index in [0.717, 1.165) is 0 Å². The number of esters is 2. The third-order valence-electron chi connectivity index (χ3n) is 2.55. The van der Waals surface area contributed by atoms with Crippen molar-refractivity contribution in [1.29, 1.82) is 0 Å². The lowest BCUT2D eigenvalue weighted by atomic mass is 10.2. The van der Waals surface area contributed by atoms with Crippen LogP contribution in [0.5, 0.6) is 0 Å². The molecule has 0 radical (unpaired) electrons. The van der Waals surface area contributed by atoms with Gasteiger partial charge in [-0.25, -0.2) is 9.59 Å². The molecule has 0 spiro atoms. The number of carbonyl (C=O) groups excluding carboxylic acids is 2. The number of rotatable bonds is 4. The molecule has 5 nitrogen and oxygen atoms in total. The molecule has 1 heterocycles. The molecular formula is C14H10Cl2O5. The molecule has 0 amide bonds. The van der Waals surface area contributed by atoms with Gasteiger partial charge >= 0.3 is 11.9 Å². The summed E-state index contributed by atoms with van der Waals surface area (Å²) in [5.41, 5.74) is 0.268. The molecule has 0 aliphatic heterocycles. The van der Waals surface area contributed by atoms with E-state index in [1.807, 2.05) is 0 Å². The third-order valence-corrected chi connectivity index (χ3v) is 3.29. The highest BCUT2D eigenvalue weighted by Gasteiger charge is 2.14. The maximum atomic E-state index is 11.8. The number of benzene rings is 1. The standard InChI is InChI=1S/C14H10Cl2O5/c1-19-14(18)12-5-3-9(21-12)7-20-13(17)8-2-4-10(15)11(16)6-8/h2-6H,7H2,1H3. The van der Waals surface area contributed by atoms with Crippen molar-refractivity contribution in [3.05, 3.63) is 57.5 Å². The molecule has 0 aliphatic carbocycles. The maximum Gasteiger partial charge on any atom is 0.373 e. The van der Waals surface area contributed by atoms with Crippen molar-refractivity contribution >= 4 is 35.1 Å². The molecule has 2 rings (SSSR count). The predicted octanol–water partition coefficient (Wildman–Crippen LogP) is 3.73. The molecule has 0 bridgehead atoms. The number of hydrogen-bond donors (Lipinski definition) is 0. The minimum atomic E-state index is -0.600. The first-order valence-corrected chi connectivity index (χ1v) is 6.56. The summed E-state index contributed by atoms with van der Waals surface area (Å²) in [6.45, 7) is -0.115. The van der Waals surface area contributed by atoms with Gasteiger partial charge in [0.15, 0.2) is 0 Å². The van der Waals surface area contributed by atoms with Gasteiger partial charge in [-0.2, -0.15) is 0 Å². The van der Waals surface area contributed by atoms with Crippen LogP contribution in [-0.4, -0.2) is 19.0 Å². The summed E-state index contributed by atoms with van der Waals surface area (Å²) in [7, 11) is 1.24.